The van der Waals surface area contributed by atoms with Crippen molar-refractivity contribution in [3.05, 3.63) is 41.6 Å². The molecule has 2 aromatic rings. The third-order valence-electron chi connectivity index (χ3n) is 2.70. The summed E-state index contributed by atoms with van der Waals surface area (Å²) in [6.45, 7) is 2.37. The van der Waals surface area contributed by atoms with Gasteiger partial charge in [-0.2, -0.15) is 4.98 Å². The van der Waals surface area contributed by atoms with Gasteiger partial charge in [0.15, 0.2) is 9.84 Å². The van der Waals surface area contributed by atoms with Crippen molar-refractivity contribution < 1.29 is 8.42 Å². The number of nitrogens with zero attached hydrogens (tertiary/aromatic N) is 2. The van der Waals surface area contributed by atoms with E-state index in [2.05, 4.69) is 15.3 Å². The van der Waals surface area contributed by atoms with Gasteiger partial charge in [-0.15, -0.1) is 0 Å². The molecule has 7 heteroatoms. The summed E-state index contributed by atoms with van der Waals surface area (Å²) in [5.74, 6) is 0.863. The van der Waals surface area contributed by atoms with Crippen LogP contribution in [0.1, 0.15) is 11.3 Å². The first-order valence-electron chi connectivity index (χ1n) is 5.98. The SMILES string of the molecule is Cc1cc(NCc2ccc(S(C)(=O)=O)cc2)nc(N)n1. The number of nitrogen functional groups attached to an aromatic ring is 1. The quantitative estimate of drug-likeness (QED) is 0.883. The molecule has 0 aliphatic carbocycles. The van der Waals surface area contributed by atoms with Crippen LogP contribution < -0.4 is 11.1 Å². The van der Waals surface area contributed by atoms with Crippen molar-refractivity contribution in [2.45, 2.75) is 18.4 Å². The molecule has 0 saturated carbocycles. The van der Waals surface area contributed by atoms with Crippen LogP contribution in [0.4, 0.5) is 11.8 Å². The summed E-state index contributed by atoms with van der Waals surface area (Å²) in [4.78, 5) is 8.36. The minimum atomic E-state index is -3.16. The molecule has 1 heterocycles. The van der Waals surface area contributed by atoms with Gasteiger partial charge in [-0.25, -0.2) is 13.4 Å². The highest BCUT2D eigenvalue weighted by Gasteiger charge is 2.06. The first-order chi connectivity index (χ1) is 9.34. The van der Waals surface area contributed by atoms with E-state index in [-0.39, 0.29) is 5.95 Å². The van der Waals surface area contributed by atoms with Crippen LogP contribution in [0.5, 0.6) is 0 Å². The summed E-state index contributed by atoms with van der Waals surface area (Å²) >= 11 is 0. The number of nitrogens with one attached hydrogen (secondary N) is 1. The molecule has 0 saturated heterocycles. The van der Waals surface area contributed by atoms with E-state index in [1.54, 1.807) is 30.3 Å². The fraction of sp³-hybridized carbons (Fsp3) is 0.231. The van der Waals surface area contributed by atoms with E-state index >= 15 is 0 Å². The first-order valence-corrected chi connectivity index (χ1v) is 7.88. The van der Waals surface area contributed by atoms with Crippen molar-refractivity contribution >= 4 is 21.6 Å². The van der Waals surface area contributed by atoms with Gasteiger partial charge in [-0.05, 0) is 24.6 Å². The zero-order valence-electron chi connectivity index (χ0n) is 11.3. The lowest BCUT2D eigenvalue weighted by Gasteiger charge is -2.07. The van der Waals surface area contributed by atoms with Gasteiger partial charge < -0.3 is 11.1 Å². The molecule has 3 N–H and O–H groups in total. The van der Waals surface area contributed by atoms with E-state index in [1.165, 1.54) is 6.26 Å². The van der Waals surface area contributed by atoms with Crippen LogP contribution >= 0.6 is 0 Å². The number of nitrogens with two attached hydrogens (primary N) is 1. The molecule has 0 spiro atoms. The van der Waals surface area contributed by atoms with Gasteiger partial charge in [0.2, 0.25) is 5.95 Å². The molecule has 0 amide bonds. The van der Waals surface area contributed by atoms with Crippen LogP contribution in [0.25, 0.3) is 0 Å². The van der Waals surface area contributed by atoms with Crippen LogP contribution in [0.3, 0.4) is 0 Å². The van der Waals surface area contributed by atoms with Gasteiger partial charge in [0.25, 0.3) is 0 Å². The predicted molar refractivity (Wildman–Crippen MR) is 78.1 cm³/mol. The molecule has 0 atom stereocenters. The Labute approximate surface area is 118 Å². The molecule has 0 aliphatic rings. The Morgan fingerprint density at radius 1 is 1.20 bits per heavy atom. The summed E-state index contributed by atoms with van der Waals surface area (Å²) in [6.07, 6.45) is 1.19. The van der Waals surface area contributed by atoms with E-state index < -0.39 is 9.84 Å². The van der Waals surface area contributed by atoms with Gasteiger partial charge in [-0.1, -0.05) is 12.1 Å². The molecule has 1 aromatic heterocycles. The zero-order valence-corrected chi connectivity index (χ0v) is 12.1. The Balaban J connectivity index is 2.07. The molecule has 0 bridgehead atoms. The minimum absolute atomic E-state index is 0.222. The normalized spacial score (nSPS) is 11.3. The molecular weight excluding hydrogens is 276 g/mol. The maximum atomic E-state index is 11.4. The average molecular weight is 292 g/mol. The number of hydrogen-bond acceptors (Lipinski definition) is 6. The van der Waals surface area contributed by atoms with E-state index in [0.29, 0.717) is 17.3 Å². The van der Waals surface area contributed by atoms with E-state index in [0.717, 1.165) is 11.3 Å². The van der Waals surface area contributed by atoms with Crippen molar-refractivity contribution in [2.24, 2.45) is 0 Å². The second-order valence-corrected chi connectivity index (χ2v) is 6.54. The zero-order chi connectivity index (χ0) is 14.8. The lowest BCUT2D eigenvalue weighted by atomic mass is 10.2. The maximum Gasteiger partial charge on any atom is 0.222 e. The Bertz CT molecular complexity index is 691. The number of hydrogen-bond donors (Lipinski definition) is 2. The Morgan fingerprint density at radius 2 is 1.85 bits per heavy atom. The lowest BCUT2D eigenvalue weighted by Crippen LogP contribution is -2.05. The second-order valence-electron chi connectivity index (χ2n) is 4.52. The molecule has 0 fully saturated rings. The van der Waals surface area contributed by atoms with E-state index in [9.17, 15) is 8.42 Å². The molecule has 0 radical (unpaired) electrons. The third kappa shape index (κ3) is 3.67. The summed E-state index contributed by atoms with van der Waals surface area (Å²) in [5.41, 5.74) is 7.30. The summed E-state index contributed by atoms with van der Waals surface area (Å²) < 4.78 is 22.7. The Hall–Kier alpha value is -2.15. The number of rotatable bonds is 4. The number of sulfone groups is 1. The molecule has 106 valence electrons. The molecule has 6 nitrogen and oxygen atoms in total. The van der Waals surface area contributed by atoms with Gasteiger partial charge in [0, 0.05) is 24.6 Å². The highest BCUT2D eigenvalue weighted by Crippen LogP contribution is 2.12. The molecular formula is C13H16N4O2S. The van der Waals surface area contributed by atoms with Gasteiger partial charge in [0.05, 0.1) is 4.90 Å². The number of aromatic nitrogens is 2. The van der Waals surface area contributed by atoms with E-state index in [1.807, 2.05) is 6.92 Å². The van der Waals surface area contributed by atoms with Crippen molar-refractivity contribution in [3.8, 4) is 0 Å². The van der Waals surface area contributed by atoms with Crippen LogP contribution in [-0.4, -0.2) is 24.6 Å². The van der Waals surface area contributed by atoms with Crippen molar-refractivity contribution in [1.29, 1.82) is 0 Å². The van der Waals surface area contributed by atoms with Crippen LogP contribution in [0, 0.1) is 6.92 Å². The monoisotopic (exact) mass is 292 g/mol. The topological polar surface area (TPSA) is 98.0 Å². The van der Waals surface area contributed by atoms with Crippen molar-refractivity contribution in [1.82, 2.24) is 9.97 Å². The molecule has 1 aromatic carbocycles. The average Bonchev–Trinajstić information content (AvgIpc) is 2.35. The summed E-state index contributed by atoms with van der Waals surface area (Å²) in [7, 11) is -3.16. The fourth-order valence-electron chi connectivity index (χ4n) is 1.73. The van der Waals surface area contributed by atoms with Gasteiger partial charge in [0.1, 0.15) is 5.82 Å². The maximum absolute atomic E-state index is 11.4. The molecule has 0 aliphatic heterocycles. The molecule has 20 heavy (non-hydrogen) atoms. The number of aryl methyl sites for hydroxylation is 1. The smallest absolute Gasteiger partial charge is 0.222 e. The second kappa shape index (κ2) is 5.46. The largest absolute Gasteiger partial charge is 0.368 e. The standard InChI is InChI=1S/C13H16N4O2S/c1-9-7-12(17-13(14)16-9)15-8-10-3-5-11(6-4-10)20(2,18)19/h3-7H,8H2,1-2H3,(H3,14,15,16,17). The van der Waals surface area contributed by atoms with E-state index in [4.69, 9.17) is 5.73 Å². The Morgan fingerprint density at radius 3 is 2.40 bits per heavy atom. The number of benzene rings is 1. The molecule has 2 rings (SSSR count). The summed E-state index contributed by atoms with van der Waals surface area (Å²) in [5, 5.41) is 3.12. The summed E-state index contributed by atoms with van der Waals surface area (Å²) in [6, 6.07) is 8.50. The van der Waals surface area contributed by atoms with Crippen molar-refractivity contribution in [2.75, 3.05) is 17.3 Å². The molecule has 0 unspecified atom stereocenters. The van der Waals surface area contributed by atoms with Gasteiger partial charge >= 0.3 is 0 Å². The first kappa shape index (κ1) is 14.3. The lowest BCUT2D eigenvalue weighted by molar-refractivity contribution is 0.602. The highest BCUT2D eigenvalue weighted by molar-refractivity contribution is 7.90. The highest BCUT2D eigenvalue weighted by atomic mass is 32.2. The fourth-order valence-corrected chi connectivity index (χ4v) is 2.36. The van der Waals surface area contributed by atoms with Crippen molar-refractivity contribution in [3.63, 3.8) is 0 Å². The van der Waals surface area contributed by atoms with Crippen LogP contribution in [0.2, 0.25) is 0 Å². The third-order valence-corrected chi connectivity index (χ3v) is 3.83. The van der Waals surface area contributed by atoms with Gasteiger partial charge in [-0.3, -0.25) is 0 Å². The minimum Gasteiger partial charge on any atom is -0.368 e. The predicted octanol–water partition coefficient (Wildman–Crippen LogP) is 1.38. The number of anilines is 2. The Kier molecular flexibility index (Phi) is 3.89. The van der Waals surface area contributed by atoms with Crippen LogP contribution in [-0.2, 0) is 16.4 Å². The van der Waals surface area contributed by atoms with Crippen LogP contribution in [0.15, 0.2) is 35.2 Å².